The Hall–Kier alpha value is 0.930. The fourth-order valence-electron chi connectivity index (χ4n) is 2.82. The summed E-state index contributed by atoms with van der Waals surface area (Å²) in [7, 11) is -0.725. The molecule has 0 aromatic heterocycles. The maximum Gasteiger partial charge on any atom is -1.00 e. The van der Waals surface area contributed by atoms with Crippen LogP contribution < -0.4 is 37.2 Å². The van der Waals surface area contributed by atoms with E-state index in [-0.39, 0.29) is 37.2 Å². The van der Waals surface area contributed by atoms with Crippen molar-refractivity contribution in [3.8, 4) is 0 Å². The van der Waals surface area contributed by atoms with Gasteiger partial charge in [-0.3, -0.25) is 0 Å². The summed E-state index contributed by atoms with van der Waals surface area (Å²) >= 11 is 1.70. The molecule has 20 heavy (non-hydrogen) atoms. The summed E-state index contributed by atoms with van der Waals surface area (Å²) in [6, 6.07) is 0. The van der Waals surface area contributed by atoms with E-state index in [4.69, 9.17) is 0 Å². The van der Waals surface area contributed by atoms with Crippen molar-refractivity contribution >= 4 is 8.80 Å². The second-order valence-corrected chi connectivity index (χ2v) is 12.1. The molecule has 0 N–H and O–H groups in total. The van der Waals surface area contributed by atoms with E-state index in [0.717, 1.165) is 0 Å². The van der Waals surface area contributed by atoms with E-state index in [9.17, 15) is 0 Å². The summed E-state index contributed by atoms with van der Waals surface area (Å²) in [5.74, 6) is 0. The maximum atomic E-state index is 2.51. The van der Waals surface area contributed by atoms with Gasteiger partial charge in [-0.05, 0) is 0 Å². The fraction of sp³-hybridized carbons (Fsp3) is 0.467. The first-order valence-electron chi connectivity index (χ1n) is 6.45. The van der Waals surface area contributed by atoms with Gasteiger partial charge in [-0.15, -0.1) is 0 Å². The van der Waals surface area contributed by atoms with Crippen LogP contribution in [-0.2, 0) is 24.7 Å². The Balaban J connectivity index is 0. The van der Waals surface area contributed by atoms with Crippen molar-refractivity contribution in [3.05, 3.63) is 46.6 Å². The molecule has 0 unspecified atom stereocenters. The van der Waals surface area contributed by atoms with Crippen molar-refractivity contribution in [2.24, 2.45) is 0 Å². The molecule has 0 aliphatic heterocycles. The zero-order valence-electron chi connectivity index (χ0n) is 12.4. The van der Waals surface area contributed by atoms with Gasteiger partial charge in [-0.25, -0.2) is 0 Å². The van der Waals surface area contributed by atoms with Gasteiger partial charge >= 0.3 is 123 Å². The number of rotatable bonds is 3. The molecule has 0 aromatic carbocycles. The zero-order chi connectivity index (χ0) is 12.6. The van der Waals surface area contributed by atoms with E-state index in [2.05, 4.69) is 51.2 Å². The third-order valence-electron chi connectivity index (χ3n) is 3.97. The summed E-state index contributed by atoms with van der Waals surface area (Å²) < 4.78 is 0.467. The molecule has 0 radical (unpaired) electrons. The SMILES string of the molecule is CC1=CCC([C]([Zr+3])(C2=CC(C)=CC2)[SiH](C)C)=C1.[Cl-].[Cl-].[Cl-]. The van der Waals surface area contributed by atoms with E-state index >= 15 is 0 Å². The van der Waals surface area contributed by atoms with Crippen molar-refractivity contribution in [1.82, 2.24) is 0 Å². The second-order valence-electron chi connectivity index (χ2n) is 5.61. The van der Waals surface area contributed by atoms with Gasteiger partial charge in [0.05, 0.1) is 0 Å². The first-order valence-corrected chi connectivity index (χ1v) is 10.6. The van der Waals surface area contributed by atoms with Gasteiger partial charge in [0.2, 0.25) is 0 Å². The van der Waals surface area contributed by atoms with Gasteiger partial charge in [0, 0.05) is 0 Å². The molecule has 0 saturated carbocycles. The molecule has 0 bridgehead atoms. The van der Waals surface area contributed by atoms with E-state index in [1.807, 2.05) is 0 Å². The Labute approximate surface area is 158 Å². The van der Waals surface area contributed by atoms with E-state index in [1.165, 1.54) is 24.0 Å². The zero-order valence-corrected chi connectivity index (χ0v) is 18.3. The van der Waals surface area contributed by atoms with Gasteiger partial charge in [0.25, 0.3) is 0 Å². The number of hydrogen-bond donors (Lipinski definition) is 0. The molecule has 5 heteroatoms. The van der Waals surface area contributed by atoms with Gasteiger partial charge in [-0.1, -0.05) is 0 Å². The Kier molecular flexibility index (Phi) is 10.6. The molecule has 0 amide bonds. The Morgan fingerprint density at radius 3 is 1.45 bits per heavy atom. The standard InChI is InChI=1S/C15H21Si.3ClH.Zr/c1-11-5-7-13(9-11)15(16(3)4)14-8-6-12(2)10-14;;;;/h5-6,9-10,16H,7-8H2,1-4H3;3*1H;/q;;;;+3/p-3. The monoisotopic (exact) mass is 424 g/mol. The van der Waals surface area contributed by atoms with Crippen LogP contribution in [0.15, 0.2) is 46.6 Å². The molecule has 2 aliphatic carbocycles. The van der Waals surface area contributed by atoms with Crippen LogP contribution in [0.2, 0.25) is 15.8 Å². The molecule has 2 aliphatic rings. The predicted molar refractivity (Wildman–Crippen MR) is 74.5 cm³/mol. The summed E-state index contributed by atoms with van der Waals surface area (Å²) in [5.41, 5.74) is 6.32. The second kappa shape index (κ2) is 9.16. The summed E-state index contributed by atoms with van der Waals surface area (Å²) in [4.78, 5) is 0. The van der Waals surface area contributed by atoms with Gasteiger partial charge < -0.3 is 37.2 Å². The summed E-state index contributed by atoms with van der Waals surface area (Å²) in [6.07, 6.45) is 12.1. The third kappa shape index (κ3) is 4.46. The smallest absolute Gasteiger partial charge is 1.00 e. The van der Waals surface area contributed by atoms with Crippen molar-refractivity contribution in [1.29, 1.82) is 0 Å². The first-order chi connectivity index (χ1) is 7.94. The minimum atomic E-state index is -0.725. The van der Waals surface area contributed by atoms with Crippen LogP contribution in [-0.4, -0.2) is 8.80 Å². The van der Waals surface area contributed by atoms with E-state index in [0.29, 0.717) is 2.75 Å². The quantitative estimate of drug-likeness (QED) is 0.398. The normalized spacial score (nSPS) is 17.4. The summed E-state index contributed by atoms with van der Waals surface area (Å²) in [5, 5.41) is 0. The van der Waals surface area contributed by atoms with Crippen LogP contribution in [0, 0.1) is 0 Å². The molecule has 0 heterocycles. The first kappa shape index (κ1) is 23.2. The average molecular weight is 427 g/mol. The van der Waals surface area contributed by atoms with Crippen LogP contribution in [0.1, 0.15) is 26.7 Å². The minimum Gasteiger partial charge on any atom is -1.00 e. The number of halogens is 3. The Morgan fingerprint density at radius 2 is 1.25 bits per heavy atom. The van der Waals surface area contributed by atoms with Gasteiger partial charge in [0.1, 0.15) is 0 Å². The van der Waals surface area contributed by atoms with Crippen LogP contribution in [0.25, 0.3) is 0 Å². The molecule has 0 nitrogen and oxygen atoms in total. The van der Waals surface area contributed by atoms with Crippen LogP contribution >= 0.6 is 0 Å². The molecule has 0 fully saturated rings. The fourth-order valence-corrected chi connectivity index (χ4v) is 5.57. The minimum absolute atomic E-state index is 0. The molecule has 0 aromatic rings. The van der Waals surface area contributed by atoms with Crippen molar-refractivity contribution in [2.75, 3.05) is 0 Å². The third-order valence-corrected chi connectivity index (χ3v) is 12.3. The maximum absolute atomic E-state index is 2.51. The summed E-state index contributed by atoms with van der Waals surface area (Å²) in [6.45, 7) is 9.49. The van der Waals surface area contributed by atoms with Crippen LogP contribution in [0.4, 0.5) is 0 Å². The molecule has 0 spiro atoms. The Bertz CT molecular complexity index is 426. The van der Waals surface area contributed by atoms with Gasteiger partial charge in [0.15, 0.2) is 0 Å². The average Bonchev–Trinajstić information content (AvgIpc) is 2.86. The molecular formula is C15H21Cl3SiZr. The largest absolute Gasteiger partial charge is 1.00 e. The van der Waals surface area contributed by atoms with E-state index in [1.54, 1.807) is 35.9 Å². The molecule has 110 valence electrons. The van der Waals surface area contributed by atoms with E-state index < -0.39 is 8.80 Å². The number of allylic oxidation sites excluding steroid dienone is 8. The van der Waals surface area contributed by atoms with Crippen molar-refractivity contribution in [3.63, 3.8) is 0 Å². The molecule has 0 saturated heterocycles. The predicted octanol–water partition coefficient (Wildman–Crippen LogP) is -4.72. The van der Waals surface area contributed by atoms with Crippen LogP contribution in [0.3, 0.4) is 0 Å². The Morgan fingerprint density at radius 1 is 0.900 bits per heavy atom. The van der Waals surface area contributed by atoms with Crippen molar-refractivity contribution in [2.45, 2.75) is 42.5 Å². The number of hydrogen-bond acceptors (Lipinski definition) is 0. The molecular weight excluding hydrogens is 406 g/mol. The molecule has 0 atom stereocenters. The van der Waals surface area contributed by atoms with Crippen molar-refractivity contribution < 1.29 is 61.9 Å². The van der Waals surface area contributed by atoms with Gasteiger partial charge in [-0.2, -0.15) is 0 Å². The van der Waals surface area contributed by atoms with Crippen LogP contribution in [0.5, 0.6) is 0 Å². The topological polar surface area (TPSA) is 0 Å². The molecule has 2 rings (SSSR count).